The van der Waals surface area contributed by atoms with E-state index in [2.05, 4.69) is 0 Å². The highest BCUT2D eigenvalue weighted by Crippen LogP contribution is 2.49. The molecule has 1 aromatic carbocycles. The van der Waals surface area contributed by atoms with Gasteiger partial charge in [0.25, 0.3) is 0 Å². The number of amides is 1. The Morgan fingerprint density at radius 3 is 2.68 bits per heavy atom. The highest BCUT2D eigenvalue weighted by atomic mass is 32.2. The first-order chi connectivity index (χ1) is 10.4. The molecule has 1 amide bonds. The summed E-state index contributed by atoms with van der Waals surface area (Å²) in [5.41, 5.74) is 0.363. The minimum absolute atomic E-state index is 0.0129. The Morgan fingerprint density at radius 2 is 1.95 bits per heavy atom. The molecule has 1 saturated heterocycles. The minimum atomic E-state index is -3.06. The van der Waals surface area contributed by atoms with Gasteiger partial charge in [-0.3, -0.25) is 4.79 Å². The Labute approximate surface area is 128 Å². The van der Waals surface area contributed by atoms with Crippen LogP contribution in [0, 0.1) is 17.6 Å². The number of sulfone groups is 1. The Balaban J connectivity index is 1.67. The monoisotopic (exact) mass is 329 g/mol. The van der Waals surface area contributed by atoms with Crippen molar-refractivity contribution in [3.05, 3.63) is 35.4 Å². The van der Waals surface area contributed by atoms with Crippen LogP contribution in [0.25, 0.3) is 0 Å². The Kier molecular flexibility index (Phi) is 3.92. The molecule has 4 nitrogen and oxygen atoms in total. The molecular weight excluding hydrogens is 312 g/mol. The number of halogens is 2. The summed E-state index contributed by atoms with van der Waals surface area (Å²) in [4.78, 5) is 14.0. The van der Waals surface area contributed by atoms with Crippen molar-refractivity contribution in [2.45, 2.75) is 18.8 Å². The smallest absolute Gasteiger partial charge is 0.226 e. The van der Waals surface area contributed by atoms with Crippen LogP contribution in [0.1, 0.15) is 24.3 Å². The Bertz CT molecular complexity index is 705. The lowest BCUT2D eigenvalue weighted by Crippen LogP contribution is -2.35. The van der Waals surface area contributed by atoms with Crippen LogP contribution >= 0.6 is 0 Å². The van der Waals surface area contributed by atoms with E-state index in [1.165, 1.54) is 12.1 Å². The molecule has 7 heteroatoms. The van der Waals surface area contributed by atoms with E-state index in [0.29, 0.717) is 24.9 Å². The fourth-order valence-corrected chi connectivity index (χ4v) is 4.28. The van der Waals surface area contributed by atoms with E-state index in [1.807, 2.05) is 0 Å². The fraction of sp³-hybridized carbons (Fsp3) is 0.533. The number of hydrogen-bond donors (Lipinski definition) is 0. The SMILES string of the molecule is O=C([C@H]1C[C@@H]1c1ccc(F)cc1F)N1CCCS(=O)(=O)CC1. The molecule has 1 saturated carbocycles. The number of benzene rings is 1. The second-order valence-corrected chi connectivity index (χ2v) is 8.25. The van der Waals surface area contributed by atoms with Crippen molar-refractivity contribution in [1.29, 1.82) is 0 Å². The van der Waals surface area contributed by atoms with Crippen LogP contribution in [0.15, 0.2) is 18.2 Å². The highest BCUT2D eigenvalue weighted by molar-refractivity contribution is 7.91. The predicted octanol–water partition coefficient (Wildman–Crippen LogP) is 1.72. The van der Waals surface area contributed by atoms with Crippen LogP contribution in [-0.4, -0.2) is 43.8 Å². The van der Waals surface area contributed by atoms with Gasteiger partial charge in [0.2, 0.25) is 5.91 Å². The number of hydrogen-bond acceptors (Lipinski definition) is 3. The first kappa shape index (κ1) is 15.4. The maximum atomic E-state index is 13.7. The van der Waals surface area contributed by atoms with E-state index in [4.69, 9.17) is 0 Å². The van der Waals surface area contributed by atoms with Gasteiger partial charge in [-0.25, -0.2) is 17.2 Å². The van der Waals surface area contributed by atoms with Crippen molar-refractivity contribution in [2.24, 2.45) is 5.92 Å². The van der Waals surface area contributed by atoms with Crippen molar-refractivity contribution >= 4 is 15.7 Å². The quantitative estimate of drug-likeness (QED) is 0.830. The molecule has 2 atom stereocenters. The van der Waals surface area contributed by atoms with Crippen LogP contribution in [-0.2, 0) is 14.6 Å². The van der Waals surface area contributed by atoms with Gasteiger partial charge in [0.1, 0.15) is 11.6 Å². The van der Waals surface area contributed by atoms with Gasteiger partial charge in [0.15, 0.2) is 9.84 Å². The lowest BCUT2D eigenvalue weighted by molar-refractivity contribution is -0.132. The summed E-state index contributed by atoms with van der Waals surface area (Å²) in [7, 11) is -3.06. The van der Waals surface area contributed by atoms with Crippen LogP contribution in [0.5, 0.6) is 0 Å². The maximum absolute atomic E-state index is 13.7. The van der Waals surface area contributed by atoms with Gasteiger partial charge in [-0.2, -0.15) is 0 Å². The molecular formula is C15H17F2NO3S. The van der Waals surface area contributed by atoms with Crippen molar-refractivity contribution in [2.75, 3.05) is 24.6 Å². The molecule has 0 N–H and O–H groups in total. The molecule has 1 aliphatic carbocycles. The average molecular weight is 329 g/mol. The first-order valence-corrected chi connectivity index (χ1v) is 9.14. The van der Waals surface area contributed by atoms with Gasteiger partial charge in [-0.1, -0.05) is 6.07 Å². The third-order valence-corrected chi connectivity index (χ3v) is 6.05. The number of rotatable bonds is 2. The van der Waals surface area contributed by atoms with Crippen molar-refractivity contribution < 1.29 is 22.0 Å². The molecule has 0 aromatic heterocycles. The third kappa shape index (κ3) is 3.14. The zero-order valence-electron chi connectivity index (χ0n) is 12.0. The summed E-state index contributed by atoms with van der Waals surface area (Å²) in [5.74, 6) is -1.83. The van der Waals surface area contributed by atoms with E-state index in [-0.39, 0.29) is 35.8 Å². The van der Waals surface area contributed by atoms with E-state index in [0.717, 1.165) is 6.07 Å². The predicted molar refractivity (Wildman–Crippen MR) is 77.1 cm³/mol. The number of carbonyl (C=O) groups excluding carboxylic acids is 1. The highest BCUT2D eigenvalue weighted by Gasteiger charge is 2.47. The van der Waals surface area contributed by atoms with E-state index < -0.39 is 21.5 Å². The van der Waals surface area contributed by atoms with Crippen molar-refractivity contribution in [3.63, 3.8) is 0 Å². The van der Waals surface area contributed by atoms with E-state index >= 15 is 0 Å². The van der Waals surface area contributed by atoms with Gasteiger partial charge in [-0.05, 0) is 30.4 Å². The average Bonchev–Trinajstić information content (AvgIpc) is 3.22. The first-order valence-electron chi connectivity index (χ1n) is 7.31. The minimum Gasteiger partial charge on any atom is -0.341 e. The lowest BCUT2D eigenvalue weighted by atomic mass is 10.1. The molecule has 3 rings (SSSR count). The zero-order chi connectivity index (χ0) is 15.9. The molecule has 0 radical (unpaired) electrons. The number of nitrogens with zero attached hydrogens (tertiary/aromatic N) is 1. The van der Waals surface area contributed by atoms with Gasteiger partial charge in [-0.15, -0.1) is 0 Å². The molecule has 1 heterocycles. The third-order valence-electron chi connectivity index (χ3n) is 4.34. The number of carbonyl (C=O) groups is 1. The Morgan fingerprint density at radius 1 is 1.18 bits per heavy atom. The summed E-state index contributed by atoms with van der Waals surface area (Å²) in [6.45, 7) is 0.628. The molecule has 1 aromatic rings. The topological polar surface area (TPSA) is 54.5 Å². The zero-order valence-corrected chi connectivity index (χ0v) is 12.8. The maximum Gasteiger partial charge on any atom is 0.226 e. The summed E-state index contributed by atoms with van der Waals surface area (Å²) in [6, 6.07) is 3.40. The molecule has 0 spiro atoms. The Hall–Kier alpha value is -1.50. The summed E-state index contributed by atoms with van der Waals surface area (Å²) < 4.78 is 49.8. The largest absolute Gasteiger partial charge is 0.341 e. The normalized spacial score (nSPS) is 27.3. The van der Waals surface area contributed by atoms with Crippen LogP contribution in [0.2, 0.25) is 0 Å². The second kappa shape index (κ2) is 5.61. The molecule has 1 aliphatic heterocycles. The summed E-state index contributed by atoms with van der Waals surface area (Å²) in [6.07, 6.45) is 0.973. The molecule has 120 valence electrons. The van der Waals surface area contributed by atoms with Gasteiger partial charge in [0.05, 0.1) is 11.5 Å². The van der Waals surface area contributed by atoms with Gasteiger partial charge in [0, 0.05) is 25.1 Å². The van der Waals surface area contributed by atoms with Crippen LogP contribution in [0.4, 0.5) is 8.78 Å². The standard InChI is InChI=1S/C15H17F2NO3S/c16-10-2-3-11(14(17)8-10)12-9-13(12)15(19)18-4-1-6-22(20,21)7-5-18/h2-3,8,12-13H,1,4-7,9H2/t12-,13+/m1/s1. The van der Waals surface area contributed by atoms with Crippen molar-refractivity contribution in [1.82, 2.24) is 4.90 Å². The molecule has 22 heavy (non-hydrogen) atoms. The molecule has 0 bridgehead atoms. The molecule has 2 aliphatic rings. The van der Waals surface area contributed by atoms with E-state index in [1.54, 1.807) is 4.90 Å². The lowest BCUT2D eigenvalue weighted by Gasteiger charge is -2.19. The fourth-order valence-electron chi connectivity index (χ4n) is 3.01. The summed E-state index contributed by atoms with van der Waals surface area (Å²) in [5, 5.41) is 0. The van der Waals surface area contributed by atoms with Crippen molar-refractivity contribution in [3.8, 4) is 0 Å². The summed E-state index contributed by atoms with van der Waals surface area (Å²) >= 11 is 0. The van der Waals surface area contributed by atoms with Gasteiger partial charge < -0.3 is 4.90 Å². The second-order valence-electron chi connectivity index (χ2n) is 5.95. The van der Waals surface area contributed by atoms with Crippen LogP contribution < -0.4 is 0 Å². The van der Waals surface area contributed by atoms with Gasteiger partial charge >= 0.3 is 0 Å². The molecule has 2 fully saturated rings. The molecule has 0 unspecified atom stereocenters. The van der Waals surface area contributed by atoms with Crippen LogP contribution in [0.3, 0.4) is 0 Å². The van der Waals surface area contributed by atoms with E-state index in [9.17, 15) is 22.0 Å².